The van der Waals surface area contributed by atoms with Crippen LogP contribution < -0.4 is 4.74 Å². The average molecular weight is 179 g/mol. The normalized spacial score (nSPS) is 10.7. The highest BCUT2D eigenvalue weighted by atomic mass is 16.5. The summed E-state index contributed by atoms with van der Waals surface area (Å²) >= 11 is 0. The first-order valence-corrected chi connectivity index (χ1v) is 4.01. The fraction of sp³-hybridized carbons (Fsp3) is 0.300. The highest BCUT2D eigenvalue weighted by molar-refractivity contribution is 5.83. The monoisotopic (exact) mass is 179 g/mol. The fourth-order valence-electron chi connectivity index (χ4n) is 1.31. The van der Waals surface area contributed by atoms with E-state index in [1.807, 2.05) is 26.0 Å². The third kappa shape index (κ3) is 1.99. The lowest BCUT2D eigenvalue weighted by atomic mass is 10.0. The smallest absolute Gasteiger partial charge is 0.119 e. The van der Waals surface area contributed by atoms with Crippen LogP contribution in [0.15, 0.2) is 17.3 Å². The fourth-order valence-corrected chi connectivity index (χ4v) is 1.31. The number of benzene rings is 1. The third-order valence-corrected chi connectivity index (χ3v) is 1.99. The molecule has 0 bridgehead atoms. The lowest BCUT2D eigenvalue weighted by Gasteiger charge is -2.07. The number of methoxy groups -OCH3 is 1. The van der Waals surface area contributed by atoms with E-state index in [1.165, 1.54) is 6.21 Å². The molecule has 0 atom stereocenters. The van der Waals surface area contributed by atoms with Gasteiger partial charge in [-0.05, 0) is 37.1 Å². The lowest BCUT2D eigenvalue weighted by Crippen LogP contribution is -1.94. The summed E-state index contributed by atoms with van der Waals surface area (Å²) in [5.74, 6) is 0.824. The SMILES string of the molecule is COc1cc(C)c(C=NO)c(C)c1. The van der Waals surface area contributed by atoms with Gasteiger partial charge in [0, 0.05) is 5.56 Å². The summed E-state index contributed by atoms with van der Waals surface area (Å²) in [6.45, 7) is 3.90. The van der Waals surface area contributed by atoms with Crippen molar-refractivity contribution in [2.75, 3.05) is 7.11 Å². The van der Waals surface area contributed by atoms with Crippen molar-refractivity contribution in [2.24, 2.45) is 5.16 Å². The van der Waals surface area contributed by atoms with Gasteiger partial charge in [-0.3, -0.25) is 0 Å². The molecule has 0 saturated carbocycles. The predicted octanol–water partition coefficient (Wildman–Crippen LogP) is 2.12. The van der Waals surface area contributed by atoms with Crippen molar-refractivity contribution in [1.29, 1.82) is 0 Å². The Labute approximate surface area is 77.6 Å². The number of hydrogen-bond acceptors (Lipinski definition) is 3. The van der Waals surface area contributed by atoms with Gasteiger partial charge in [0.2, 0.25) is 0 Å². The summed E-state index contributed by atoms with van der Waals surface area (Å²) in [7, 11) is 1.63. The number of hydrogen-bond donors (Lipinski definition) is 1. The number of aryl methyl sites for hydroxylation is 2. The standard InChI is InChI=1S/C10H13NO2/c1-7-4-9(13-3)5-8(2)10(7)6-11-12/h4-6,12H,1-3H3. The van der Waals surface area contributed by atoms with Gasteiger partial charge in [-0.1, -0.05) is 5.16 Å². The Morgan fingerprint density at radius 2 is 1.85 bits per heavy atom. The molecule has 0 saturated heterocycles. The van der Waals surface area contributed by atoms with Gasteiger partial charge in [-0.25, -0.2) is 0 Å². The first-order chi connectivity index (χ1) is 6.19. The van der Waals surface area contributed by atoms with Crippen molar-refractivity contribution in [1.82, 2.24) is 0 Å². The van der Waals surface area contributed by atoms with E-state index in [0.717, 1.165) is 22.4 Å². The molecule has 1 N–H and O–H groups in total. The van der Waals surface area contributed by atoms with Crippen molar-refractivity contribution >= 4 is 6.21 Å². The van der Waals surface area contributed by atoms with Crippen LogP contribution in [-0.4, -0.2) is 18.5 Å². The Kier molecular flexibility index (Phi) is 2.90. The molecule has 0 radical (unpaired) electrons. The van der Waals surface area contributed by atoms with Crippen molar-refractivity contribution in [2.45, 2.75) is 13.8 Å². The molecule has 0 aliphatic rings. The van der Waals surface area contributed by atoms with Crippen LogP contribution in [0.1, 0.15) is 16.7 Å². The molecule has 0 spiro atoms. The number of ether oxygens (including phenoxy) is 1. The van der Waals surface area contributed by atoms with Crippen LogP contribution in [0.25, 0.3) is 0 Å². The van der Waals surface area contributed by atoms with E-state index in [0.29, 0.717) is 0 Å². The molecule has 0 heterocycles. The predicted molar refractivity (Wildman–Crippen MR) is 51.8 cm³/mol. The second-order valence-electron chi connectivity index (χ2n) is 2.92. The highest BCUT2D eigenvalue weighted by Gasteiger charge is 2.02. The molecule has 13 heavy (non-hydrogen) atoms. The van der Waals surface area contributed by atoms with Gasteiger partial charge in [0.25, 0.3) is 0 Å². The van der Waals surface area contributed by atoms with Gasteiger partial charge < -0.3 is 9.94 Å². The summed E-state index contributed by atoms with van der Waals surface area (Å²) in [4.78, 5) is 0. The molecule has 70 valence electrons. The number of rotatable bonds is 2. The van der Waals surface area contributed by atoms with Crippen LogP contribution >= 0.6 is 0 Å². The molecule has 0 aliphatic heterocycles. The second kappa shape index (κ2) is 3.94. The van der Waals surface area contributed by atoms with E-state index in [4.69, 9.17) is 9.94 Å². The van der Waals surface area contributed by atoms with Gasteiger partial charge in [0.1, 0.15) is 5.75 Å². The Balaban J connectivity index is 3.22. The molecule has 0 fully saturated rings. The third-order valence-electron chi connectivity index (χ3n) is 1.99. The van der Waals surface area contributed by atoms with Crippen LogP contribution in [0.3, 0.4) is 0 Å². The van der Waals surface area contributed by atoms with Crippen molar-refractivity contribution < 1.29 is 9.94 Å². The molecule has 0 unspecified atom stereocenters. The van der Waals surface area contributed by atoms with Crippen molar-refractivity contribution in [3.05, 3.63) is 28.8 Å². The maximum atomic E-state index is 8.43. The molecular weight excluding hydrogens is 166 g/mol. The van der Waals surface area contributed by atoms with E-state index >= 15 is 0 Å². The van der Waals surface area contributed by atoms with Gasteiger partial charge in [0.15, 0.2) is 0 Å². The largest absolute Gasteiger partial charge is 0.497 e. The summed E-state index contributed by atoms with van der Waals surface area (Å²) in [5, 5.41) is 11.5. The minimum Gasteiger partial charge on any atom is -0.497 e. The van der Waals surface area contributed by atoms with Gasteiger partial charge in [-0.15, -0.1) is 0 Å². The first kappa shape index (κ1) is 9.58. The van der Waals surface area contributed by atoms with Crippen LogP contribution in [0, 0.1) is 13.8 Å². The zero-order valence-corrected chi connectivity index (χ0v) is 8.03. The van der Waals surface area contributed by atoms with Gasteiger partial charge in [0.05, 0.1) is 13.3 Å². The number of nitrogens with zero attached hydrogens (tertiary/aromatic N) is 1. The van der Waals surface area contributed by atoms with Crippen LogP contribution in [0.5, 0.6) is 5.75 Å². The molecule has 0 aliphatic carbocycles. The van der Waals surface area contributed by atoms with E-state index in [2.05, 4.69) is 5.16 Å². The number of oxime groups is 1. The molecule has 1 rings (SSSR count). The van der Waals surface area contributed by atoms with Crippen LogP contribution in [0.4, 0.5) is 0 Å². The zero-order valence-electron chi connectivity index (χ0n) is 8.03. The van der Waals surface area contributed by atoms with Gasteiger partial charge >= 0.3 is 0 Å². The van der Waals surface area contributed by atoms with Crippen LogP contribution in [-0.2, 0) is 0 Å². The van der Waals surface area contributed by atoms with Gasteiger partial charge in [-0.2, -0.15) is 0 Å². The second-order valence-corrected chi connectivity index (χ2v) is 2.92. The molecule has 1 aromatic carbocycles. The average Bonchev–Trinajstić information content (AvgIpc) is 2.11. The molecule has 1 aromatic rings. The molecular formula is C10H13NO2. The van der Waals surface area contributed by atoms with E-state index in [9.17, 15) is 0 Å². The van der Waals surface area contributed by atoms with Crippen LogP contribution in [0.2, 0.25) is 0 Å². The zero-order chi connectivity index (χ0) is 9.84. The summed E-state index contributed by atoms with van der Waals surface area (Å²) in [6.07, 6.45) is 1.43. The Hall–Kier alpha value is -1.51. The quantitative estimate of drug-likeness (QED) is 0.429. The Morgan fingerprint density at radius 3 is 2.23 bits per heavy atom. The molecule has 0 aromatic heterocycles. The first-order valence-electron chi connectivity index (χ1n) is 4.01. The maximum absolute atomic E-state index is 8.43. The van der Waals surface area contributed by atoms with Crippen molar-refractivity contribution in [3.8, 4) is 5.75 Å². The van der Waals surface area contributed by atoms with E-state index < -0.39 is 0 Å². The summed E-state index contributed by atoms with van der Waals surface area (Å²) in [6, 6.07) is 3.81. The minimum atomic E-state index is 0.824. The Morgan fingerprint density at radius 1 is 1.31 bits per heavy atom. The van der Waals surface area contributed by atoms with E-state index in [1.54, 1.807) is 7.11 Å². The molecule has 3 heteroatoms. The molecule has 3 nitrogen and oxygen atoms in total. The lowest BCUT2D eigenvalue weighted by molar-refractivity contribution is 0.322. The van der Waals surface area contributed by atoms with Crippen molar-refractivity contribution in [3.63, 3.8) is 0 Å². The topological polar surface area (TPSA) is 41.8 Å². The van der Waals surface area contributed by atoms with E-state index in [-0.39, 0.29) is 0 Å². The Bertz CT molecular complexity index is 309. The minimum absolute atomic E-state index is 0.824. The molecule has 0 amide bonds. The summed E-state index contributed by atoms with van der Waals surface area (Å²) < 4.78 is 5.10. The highest BCUT2D eigenvalue weighted by Crippen LogP contribution is 2.19. The maximum Gasteiger partial charge on any atom is 0.119 e. The summed E-state index contributed by atoms with van der Waals surface area (Å²) in [5.41, 5.74) is 3.01.